The van der Waals surface area contributed by atoms with Crippen molar-refractivity contribution in [2.45, 2.75) is 46.2 Å². The molecule has 1 aliphatic rings. The summed E-state index contributed by atoms with van der Waals surface area (Å²) in [6.45, 7) is 9.31. The van der Waals surface area contributed by atoms with Gasteiger partial charge < -0.3 is 18.9 Å². The highest BCUT2D eigenvalue weighted by atomic mass is 19.1. The zero-order valence-electron chi connectivity index (χ0n) is 13.7. The van der Waals surface area contributed by atoms with Gasteiger partial charge in [0, 0.05) is 6.61 Å². The number of rotatable bonds is 6. The lowest BCUT2D eigenvalue weighted by molar-refractivity contribution is -0.134. The van der Waals surface area contributed by atoms with Crippen molar-refractivity contribution < 1.29 is 23.3 Å². The van der Waals surface area contributed by atoms with Gasteiger partial charge in [-0.2, -0.15) is 0 Å². The van der Waals surface area contributed by atoms with Gasteiger partial charge in [-0.05, 0) is 50.9 Å². The molecule has 1 aromatic carbocycles. The van der Waals surface area contributed by atoms with Crippen LogP contribution in [0.25, 0.3) is 0 Å². The molecule has 22 heavy (non-hydrogen) atoms. The third-order valence-corrected chi connectivity index (χ3v) is 3.58. The molecule has 122 valence electrons. The molecule has 1 fully saturated rings. The van der Waals surface area contributed by atoms with Gasteiger partial charge in [0.1, 0.15) is 5.82 Å². The lowest BCUT2D eigenvalue weighted by Crippen LogP contribution is -2.51. The Morgan fingerprint density at radius 1 is 1.36 bits per heavy atom. The molecule has 1 saturated heterocycles. The maximum Gasteiger partial charge on any atom is 0.354 e. The predicted molar refractivity (Wildman–Crippen MR) is 83.6 cm³/mol. The fourth-order valence-electron chi connectivity index (χ4n) is 2.38. The molecular formula is C16H24BFO4. The number of halogens is 1. The Balaban J connectivity index is 2.07. The smallest absolute Gasteiger partial charge is 0.354 e. The van der Waals surface area contributed by atoms with Crippen molar-refractivity contribution in [1.29, 1.82) is 0 Å². The molecular weight excluding hydrogens is 286 g/mol. The van der Waals surface area contributed by atoms with Gasteiger partial charge in [-0.25, -0.2) is 4.39 Å². The Labute approximate surface area is 132 Å². The highest BCUT2D eigenvalue weighted by Gasteiger charge is 2.33. The van der Waals surface area contributed by atoms with Gasteiger partial charge >= 0.3 is 6.92 Å². The molecule has 0 bridgehead atoms. The lowest BCUT2D eigenvalue weighted by Gasteiger charge is -2.34. The van der Waals surface area contributed by atoms with E-state index in [-0.39, 0.29) is 31.2 Å². The number of hydrogen-bond donors (Lipinski definition) is 0. The molecule has 0 amide bonds. The molecule has 1 aliphatic heterocycles. The highest BCUT2D eigenvalue weighted by Crippen LogP contribution is 2.17. The van der Waals surface area contributed by atoms with Crippen LogP contribution in [0.3, 0.4) is 0 Å². The van der Waals surface area contributed by atoms with E-state index in [0.29, 0.717) is 19.7 Å². The van der Waals surface area contributed by atoms with Crippen LogP contribution in [0.5, 0.6) is 0 Å². The molecule has 0 spiro atoms. The first-order valence-corrected chi connectivity index (χ1v) is 7.68. The third kappa shape index (κ3) is 4.78. The van der Waals surface area contributed by atoms with Gasteiger partial charge in [0.2, 0.25) is 0 Å². The zero-order valence-corrected chi connectivity index (χ0v) is 13.7. The van der Waals surface area contributed by atoms with Crippen molar-refractivity contribution in [3.63, 3.8) is 0 Å². The van der Waals surface area contributed by atoms with Crippen LogP contribution in [0, 0.1) is 5.82 Å². The number of hydrogen-bond acceptors (Lipinski definition) is 4. The van der Waals surface area contributed by atoms with Crippen LogP contribution in [-0.4, -0.2) is 38.5 Å². The van der Waals surface area contributed by atoms with Crippen LogP contribution in [-0.2, 0) is 25.5 Å². The molecule has 0 aromatic heterocycles. The minimum Gasteiger partial charge on any atom is -0.426 e. The van der Waals surface area contributed by atoms with E-state index < -0.39 is 0 Å². The van der Waals surface area contributed by atoms with E-state index in [1.807, 2.05) is 27.7 Å². The molecule has 0 aliphatic carbocycles. The van der Waals surface area contributed by atoms with Gasteiger partial charge in [-0.15, -0.1) is 0 Å². The first-order valence-electron chi connectivity index (χ1n) is 7.68. The van der Waals surface area contributed by atoms with Crippen LogP contribution in [0.4, 0.5) is 4.39 Å². The molecule has 6 heteroatoms. The van der Waals surface area contributed by atoms with E-state index in [2.05, 4.69) is 0 Å². The summed E-state index contributed by atoms with van der Waals surface area (Å²) in [5.74, 6) is -0.288. The average Bonchev–Trinajstić information content (AvgIpc) is 2.46. The Kier molecular flexibility index (Phi) is 5.97. The van der Waals surface area contributed by atoms with Gasteiger partial charge in [-0.3, -0.25) is 0 Å². The SMILES string of the molecule is CCOC(C)OCc1cc(F)ccc1B1COC(C)(C)CO1. The van der Waals surface area contributed by atoms with Gasteiger partial charge in [0.25, 0.3) is 0 Å². The topological polar surface area (TPSA) is 36.9 Å². The zero-order chi connectivity index (χ0) is 16.2. The summed E-state index contributed by atoms with van der Waals surface area (Å²) in [6.07, 6.45) is -0.330. The van der Waals surface area contributed by atoms with E-state index in [9.17, 15) is 4.39 Å². The third-order valence-electron chi connectivity index (χ3n) is 3.58. The van der Waals surface area contributed by atoms with Crippen LogP contribution >= 0.6 is 0 Å². The fourth-order valence-corrected chi connectivity index (χ4v) is 2.38. The van der Waals surface area contributed by atoms with E-state index in [1.54, 1.807) is 6.07 Å². The molecule has 0 radical (unpaired) electrons. The summed E-state index contributed by atoms with van der Waals surface area (Å²) in [5, 5.41) is 0. The van der Waals surface area contributed by atoms with Crippen molar-refractivity contribution in [1.82, 2.24) is 0 Å². The van der Waals surface area contributed by atoms with E-state index in [1.165, 1.54) is 12.1 Å². The summed E-state index contributed by atoms with van der Waals surface area (Å²) < 4.78 is 36.2. The minimum atomic E-state index is -0.330. The van der Waals surface area contributed by atoms with Crippen molar-refractivity contribution in [2.24, 2.45) is 0 Å². The van der Waals surface area contributed by atoms with Crippen LogP contribution in [0.15, 0.2) is 18.2 Å². The van der Waals surface area contributed by atoms with Crippen molar-refractivity contribution in [3.8, 4) is 0 Å². The molecule has 2 rings (SSSR count). The largest absolute Gasteiger partial charge is 0.426 e. The molecule has 1 aromatic rings. The second-order valence-electron chi connectivity index (χ2n) is 6.05. The molecule has 1 unspecified atom stereocenters. The summed E-state index contributed by atoms with van der Waals surface area (Å²) in [6, 6.07) is 4.66. The van der Waals surface area contributed by atoms with Crippen molar-refractivity contribution >= 4 is 12.4 Å². The maximum absolute atomic E-state index is 13.6. The molecule has 0 N–H and O–H groups in total. The highest BCUT2D eigenvalue weighted by molar-refractivity contribution is 6.67. The first-order chi connectivity index (χ1) is 10.4. The van der Waals surface area contributed by atoms with Gasteiger partial charge in [-0.1, -0.05) is 6.07 Å². The van der Waals surface area contributed by atoms with E-state index in [0.717, 1.165) is 11.0 Å². The first kappa shape index (κ1) is 17.4. The minimum absolute atomic E-state index is 0.199. The van der Waals surface area contributed by atoms with E-state index in [4.69, 9.17) is 18.9 Å². The molecule has 1 heterocycles. The Bertz CT molecular complexity index is 485. The molecule has 1 atom stereocenters. The summed E-state index contributed by atoms with van der Waals surface area (Å²) in [5.41, 5.74) is 1.39. The predicted octanol–water partition coefficient (Wildman–Crippen LogP) is 2.29. The average molecular weight is 310 g/mol. The van der Waals surface area contributed by atoms with Gasteiger partial charge in [0.15, 0.2) is 6.29 Å². The Hall–Kier alpha value is -0.945. The summed E-state index contributed by atoms with van der Waals surface area (Å²) >= 11 is 0. The maximum atomic E-state index is 13.6. The van der Waals surface area contributed by atoms with Crippen LogP contribution in [0.1, 0.15) is 33.3 Å². The molecule has 4 nitrogen and oxygen atoms in total. The van der Waals surface area contributed by atoms with E-state index >= 15 is 0 Å². The lowest BCUT2D eigenvalue weighted by atomic mass is 9.59. The fraction of sp³-hybridized carbons (Fsp3) is 0.625. The second-order valence-corrected chi connectivity index (χ2v) is 6.05. The quantitative estimate of drug-likeness (QED) is 0.597. The Morgan fingerprint density at radius 2 is 2.14 bits per heavy atom. The molecule has 0 saturated carbocycles. The second kappa shape index (κ2) is 7.55. The number of benzene rings is 1. The van der Waals surface area contributed by atoms with Crippen molar-refractivity contribution in [2.75, 3.05) is 19.7 Å². The van der Waals surface area contributed by atoms with Crippen LogP contribution < -0.4 is 5.46 Å². The van der Waals surface area contributed by atoms with Gasteiger partial charge in [0.05, 0.1) is 25.3 Å². The summed E-state index contributed by atoms with van der Waals surface area (Å²) in [7, 11) is 0. The van der Waals surface area contributed by atoms with Crippen molar-refractivity contribution in [3.05, 3.63) is 29.6 Å². The monoisotopic (exact) mass is 310 g/mol. The normalized spacial score (nSPS) is 19.2. The van der Waals surface area contributed by atoms with Crippen LogP contribution in [0.2, 0.25) is 0 Å². The summed E-state index contributed by atoms with van der Waals surface area (Å²) in [4.78, 5) is 0. The number of ether oxygens (including phenoxy) is 3. The Morgan fingerprint density at radius 3 is 2.77 bits per heavy atom. The standard InChI is InChI=1S/C16H24BFO4/c1-5-19-12(2)20-9-13-8-14(18)6-7-15(13)17-11-21-16(3,4)10-22-17/h6-8,12H,5,9-11H2,1-4H3.